The predicted molar refractivity (Wildman–Crippen MR) is 113 cm³/mol. The molecule has 1 atom stereocenters. The van der Waals surface area contributed by atoms with E-state index in [1.54, 1.807) is 7.05 Å². The molecule has 1 aliphatic heterocycles. The summed E-state index contributed by atoms with van der Waals surface area (Å²) in [5, 5.41) is 3.29. The number of aromatic nitrogens is 2. The van der Waals surface area contributed by atoms with E-state index in [0.29, 0.717) is 29.8 Å². The van der Waals surface area contributed by atoms with Gasteiger partial charge < -0.3 is 5.32 Å². The fraction of sp³-hybridized carbons (Fsp3) is 0.435. The van der Waals surface area contributed by atoms with Crippen molar-refractivity contribution in [3.05, 3.63) is 73.1 Å². The van der Waals surface area contributed by atoms with E-state index in [0.717, 1.165) is 22.2 Å². The summed E-state index contributed by atoms with van der Waals surface area (Å²) in [6, 6.07) is 8.09. The highest BCUT2D eigenvalue weighted by Crippen LogP contribution is 2.47. The van der Waals surface area contributed by atoms with Crippen LogP contribution in [0.1, 0.15) is 56.2 Å². The number of allylic oxidation sites excluding steroid dienone is 2. The maximum Gasteiger partial charge on any atom is 0.332 e. The van der Waals surface area contributed by atoms with Crippen LogP contribution in [-0.4, -0.2) is 14.9 Å². The van der Waals surface area contributed by atoms with Crippen LogP contribution in [0.4, 0.5) is 5.82 Å². The Bertz CT molecular complexity index is 1160. The van der Waals surface area contributed by atoms with Crippen molar-refractivity contribution >= 4 is 11.6 Å². The number of anilines is 1. The second kappa shape index (κ2) is 6.58. The molecule has 0 saturated carbocycles. The third-order valence-electron chi connectivity index (χ3n) is 6.19. The SMILES string of the molecule is CCc1ccc(C2C3=C(CC(C)(C)CC3=O)Nc3c2c(=O)n(C)c(=O)n3C)cc1. The van der Waals surface area contributed by atoms with Crippen LogP contribution in [0, 0.1) is 5.41 Å². The Kier molecular flexibility index (Phi) is 4.41. The van der Waals surface area contributed by atoms with Gasteiger partial charge in [0.2, 0.25) is 0 Å². The van der Waals surface area contributed by atoms with E-state index in [9.17, 15) is 14.4 Å². The zero-order chi connectivity index (χ0) is 21.1. The molecule has 1 aliphatic carbocycles. The van der Waals surface area contributed by atoms with E-state index in [1.165, 1.54) is 17.2 Å². The first kappa shape index (κ1) is 19.4. The highest BCUT2D eigenvalue weighted by Gasteiger charge is 2.42. The van der Waals surface area contributed by atoms with Crippen molar-refractivity contribution in [3.63, 3.8) is 0 Å². The Balaban J connectivity index is 2.04. The minimum Gasteiger partial charge on any atom is -0.344 e. The van der Waals surface area contributed by atoms with Crippen molar-refractivity contribution in [1.82, 2.24) is 9.13 Å². The second-order valence-electron chi connectivity index (χ2n) is 8.95. The number of aryl methyl sites for hydroxylation is 1. The van der Waals surface area contributed by atoms with E-state index in [1.807, 2.05) is 24.3 Å². The maximum atomic E-state index is 13.2. The Morgan fingerprint density at radius 3 is 2.31 bits per heavy atom. The molecule has 0 fully saturated rings. The maximum absolute atomic E-state index is 13.2. The number of carbonyl (C=O) groups excluding carboxylic acids is 1. The zero-order valence-electron chi connectivity index (χ0n) is 17.6. The minimum atomic E-state index is -0.471. The summed E-state index contributed by atoms with van der Waals surface area (Å²) >= 11 is 0. The Morgan fingerprint density at radius 2 is 1.69 bits per heavy atom. The van der Waals surface area contributed by atoms with Crippen LogP contribution in [0.2, 0.25) is 0 Å². The van der Waals surface area contributed by atoms with Crippen molar-refractivity contribution in [3.8, 4) is 0 Å². The van der Waals surface area contributed by atoms with Crippen molar-refractivity contribution in [2.24, 2.45) is 19.5 Å². The van der Waals surface area contributed by atoms with Crippen LogP contribution < -0.4 is 16.6 Å². The summed E-state index contributed by atoms with van der Waals surface area (Å²) in [7, 11) is 3.14. The molecule has 0 radical (unpaired) electrons. The number of nitrogens with zero attached hydrogens (tertiary/aromatic N) is 2. The number of nitrogens with one attached hydrogen (secondary N) is 1. The summed E-state index contributed by atoms with van der Waals surface area (Å²) < 4.78 is 2.59. The number of hydrogen-bond donors (Lipinski definition) is 1. The van der Waals surface area contributed by atoms with Crippen molar-refractivity contribution in [1.29, 1.82) is 0 Å². The quantitative estimate of drug-likeness (QED) is 0.852. The molecule has 6 nitrogen and oxygen atoms in total. The molecule has 2 aromatic rings. The van der Waals surface area contributed by atoms with Gasteiger partial charge in [-0.1, -0.05) is 45.0 Å². The molecule has 1 N–H and O–H groups in total. The standard InChI is InChI=1S/C23H27N3O3/c1-6-13-7-9-14(10-8-13)17-18-15(11-23(2,3)12-16(18)27)24-20-19(17)21(28)26(5)22(29)25(20)4/h7-10,17,24H,6,11-12H2,1-5H3. The minimum absolute atomic E-state index is 0.0647. The molecule has 0 spiro atoms. The molecular formula is C23H27N3O3. The molecule has 0 saturated heterocycles. The average Bonchev–Trinajstić information content (AvgIpc) is 2.68. The van der Waals surface area contributed by atoms with Crippen LogP contribution in [-0.2, 0) is 25.3 Å². The molecule has 1 aromatic carbocycles. The van der Waals surface area contributed by atoms with Crippen LogP contribution in [0.25, 0.3) is 0 Å². The fourth-order valence-corrected chi connectivity index (χ4v) is 4.63. The van der Waals surface area contributed by atoms with Gasteiger partial charge >= 0.3 is 5.69 Å². The average molecular weight is 393 g/mol. The lowest BCUT2D eigenvalue weighted by molar-refractivity contribution is -0.118. The summed E-state index contributed by atoms with van der Waals surface area (Å²) in [4.78, 5) is 39.0. The van der Waals surface area contributed by atoms with Gasteiger partial charge in [0, 0.05) is 37.7 Å². The van der Waals surface area contributed by atoms with Gasteiger partial charge in [0.25, 0.3) is 5.56 Å². The monoisotopic (exact) mass is 393 g/mol. The highest BCUT2D eigenvalue weighted by atomic mass is 16.2. The van der Waals surface area contributed by atoms with Gasteiger partial charge in [0.1, 0.15) is 5.82 Å². The molecule has 2 heterocycles. The van der Waals surface area contributed by atoms with E-state index >= 15 is 0 Å². The van der Waals surface area contributed by atoms with Gasteiger partial charge in [-0.15, -0.1) is 0 Å². The molecule has 0 amide bonds. The summed E-state index contributed by atoms with van der Waals surface area (Å²) in [6.45, 7) is 6.23. The molecule has 6 heteroatoms. The van der Waals surface area contributed by atoms with Crippen LogP contribution in [0.5, 0.6) is 0 Å². The second-order valence-corrected chi connectivity index (χ2v) is 8.95. The van der Waals surface area contributed by atoms with Gasteiger partial charge in [0.05, 0.1) is 5.56 Å². The van der Waals surface area contributed by atoms with Crippen LogP contribution >= 0.6 is 0 Å². The van der Waals surface area contributed by atoms with Crippen LogP contribution in [0.15, 0.2) is 45.1 Å². The van der Waals surface area contributed by atoms with E-state index < -0.39 is 5.92 Å². The predicted octanol–water partition coefficient (Wildman–Crippen LogP) is 2.85. The highest BCUT2D eigenvalue weighted by molar-refractivity contribution is 6.01. The lowest BCUT2D eigenvalue weighted by atomic mass is 9.69. The summed E-state index contributed by atoms with van der Waals surface area (Å²) in [5.74, 6) is 0.0862. The molecular weight excluding hydrogens is 366 g/mol. The third-order valence-corrected chi connectivity index (χ3v) is 6.19. The topological polar surface area (TPSA) is 73.1 Å². The van der Waals surface area contributed by atoms with E-state index in [2.05, 4.69) is 26.1 Å². The number of carbonyl (C=O) groups is 1. The van der Waals surface area contributed by atoms with Crippen LogP contribution in [0.3, 0.4) is 0 Å². The molecule has 1 unspecified atom stereocenters. The zero-order valence-corrected chi connectivity index (χ0v) is 17.6. The molecule has 2 aliphatic rings. The molecule has 0 bridgehead atoms. The normalized spacial score (nSPS) is 20.2. The van der Waals surface area contributed by atoms with Gasteiger partial charge in [0.15, 0.2) is 5.78 Å². The van der Waals surface area contributed by atoms with E-state index in [4.69, 9.17) is 0 Å². The first-order chi connectivity index (χ1) is 13.6. The van der Waals surface area contributed by atoms with Crippen molar-refractivity contribution in [2.75, 3.05) is 5.32 Å². The van der Waals surface area contributed by atoms with Crippen molar-refractivity contribution < 1.29 is 4.79 Å². The molecule has 29 heavy (non-hydrogen) atoms. The van der Waals surface area contributed by atoms with Crippen molar-refractivity contribution in [2.45, 2.75) is 46.0 Å². The smallest absolute Gasteiger partial charge is 0.332 e. The lowest BCUT2D eigenvalue weighted by Crippen LogP contribution is -2.45. The Hall–Kier alpha value is -2.89. The van der Waals surface area contributed by atoms with Gasteiger partial charge in [-0.3, -0.25) is 18.7 Å². The third kappa shape index (κ3) is 2.98. The number of ketones is 1. The fourth-order valence-electron chi connectivity index (χ4n) is 4.63. The Labute approximate surface area is 169 Å². The van der Waals surface area contributed by atoms with E-state index in [-0.39, 0.29) is 22.4 Å². The summed E-state index contributed by atoms with van der Waals surface area (Å²) in [6.07, 6.45) is 2.05. The van der Waals surface area contributed by atoms with Gasteiger partial charge in [-0.2, -0.15) is 0 Å². The summed E-state index contributed by atoms with van der Waals surface area (Å²) in [5.41, 5.74) is 3.14. The van der Waals surface area contributed by atoms with Gasteiger partial charge in [-0.05, 0) is 29.4 Å². The number of hydrogen-bond acceptors (Lipinski definition) is 4. The number of rotatable bonds is 2. The van der Waals surface area contributed by atoms with Gasteiger partial charge in [-0.25, -0.2) is 4.79 Å². The number of Topliss-reactive ketones (excluding diaryl/α,β-unsaturated/α-hetero) is 1. The number of benzene rings is 1. The molecule has 152 valence electrons. The first-order valence-electron chi connectivity index (χ1n) is 10.1. The number of fused-ring (bicyclic) bond motifs is 1. The first-order valence-corrected chi connectivity index (χ1v) is 10.1. The lowest BCUT2D eigenvalue weighted by Gasteiger charge is -2.39. The molecule has 1 aromatic heterocycles. The Morgan fingerprint density at radius 1 is 1.03 bits per heavy atom. The molecule has 4 rings (SSSR count). The largest absolute Gasteiger partial charge is 0.344 e.